The van der Waals surface area contributed by atoms with E-state index in [0.29, 0.717) is 24.0 Å². The van der Waals surface area contributed by atoms with Crippen LogP contribution in [0.25, 0.3) is 11.5 Å². The van der Waals surface area contributed by atoms with Crippen LogP contribution in [0.1, 0.15) is 36.3 Å². The number of fused-ring (bicyclic) bond motifs is 1. The number of carbonyl (C=O) groups is 1. The van der Waals surface area contributed by atoms with Crippen molar-refractivity contribution in [1.82, 2.24) is 15.2 Å². The Bertz CT molecular complexity index is 906. The summed E-state index contributed by atoms with van der Waals surface area (Å²) in [5.41, 5.74) is 3.27. The third kappa shape index (κ3) is 3.64. The maximum atomic E-state index is 12.2. The van der Waals surface area contributed by atoms with Gasteiger partial charge in [0.15, 0.2) is 0 Å². The molecule has 0 amide bonds. The molecule has 0 N–H and O–H groups in total. The van der Waals surface area contributed by atoms with E-state index in [4.69, 9.17) is 9.15 Å². The SMILES string of the molecule is O=C(CCc1nnc(-c2ccncc2)o1)Oc1cccc2c1CCCC2. The number of esters is 1. The van der Waals surface area contributed by atoms with E-state index in [-0.39, 0.29) is 12.4 Å². The molecule has 132 valence electrons. The summed E-state index contributed by atoms with van der Waals surface area (Å²) >= 11 is 0. The predicted octanol–water partition coefficient (Wildman–Crippen LogP) is 3.55. The quantitative estimate of drug-likeness (QED) is 0.518. The molecule has 0 unspecified atom stereocenters. The minimum absolute atomic E-state index is 0.196. The highest BCUT2D eigenvalue weighted by atomic mass is 16.5. The second-order valence-electron chi connectivity index (χ2n) is 6.31. The smallest absolute Gasteiger partial charge is 0.311 e. The van der Waals surface area contributed by atoms with Crippen molar-refractivity contribution in [2.45, 2.75) is 38.5 Å². The van der Waals surface area contributed by atoms with E-state index in [9.17, 15) is 4.79 Å². The summed E-state index contributed by atoms with van der Waals surface area (Å²) in [5, 5.41) is 8.01. The van der Waals surface area contributed by atoms with Crippen LogP contribution < -0.4 is 4.74 Å². The van der Waals surface area contributed by atoms with E-state index < -0.39 is 0 Å². The van der Waals surface area contributed by atoms with Gasteiger partial charge < -0.3 is 9.15 Å². The highest BCUT2D eigenvalue weighted by Gasteiger charge is 2.17. The third-order valence-corrected chi connectivity index (χ3v) is 4.51. The van der Waals surface area contributed by atoms with Crippen molar-refractivity contribution in [3.8, 4) is 17.2 Å². The summed E-state index contributed by atoms with van der Waals surface area (Å²) in [7, 11) is 0. The Labute approximate surface area is 151 Å². The van der Waals surface area contributed by atoms with Gasteiger partial charge in [-0.15, -0.1) is 10.2 Å². The molecule has 0 aliphatic heterocycles. The van der Waals surface area contributed by atoms with Gasteiger partial charge in [0.25, 0.3) is 0 Å². The largest absolute Gasteiger partial charge is 0.426 e. The second kappa shape index (κ2) is 7.47. The van der Waals surface area contributed by atoms with E-state index in [2.05, 4.69) is 21.2 Å². The third-order valence-electron chi connectivity index (χ3n) is 4.51. The lowest BCUT2D eigenvalue weighted by Crippen LogP contribution is -2.12. The molecular formula is C20H19N3O3. The van der Waals surface area contributed by atoms with E-state index in [1.807, 2.05) is 12.1 Å². The topological polar surface area (TPSA) is 78.1 Å². The first-order valence-corrected chi connectivity index (χ1v) is 8.84. The molecule has 4 rings (SSSR count). The molecule has 2 aromatic heterocycles. The van der Waals surface area contributed by atoms with Crippen LogP contribution in [0, 0.1) is 0 Å². The van der Waals surface area contributed by atoms with E-state index >= 15 is 0 Å². The van der Waals surface area contributed by atoms with Gasteiger partial charge in [-0.05, 0) is 55.0 Å². The first-order valence-electron chi connectivity index (χ1n) is 8.84. The monoisotopic (exact) mass is 349 g/mol. The Morgan fingerprint density at radius 2 is 1.92 bits per heavy atom. The van der Waals surface area contributed by atoms with Crippen LogP contribution in [0.3, 0.4) is 0 Å². The lowest BCUT2D eigenvalue weighted by Gasteiger charge is -2.18. The van der Waals surface area contributed by atoms with Crippen molar-refractivity contribution < 1.29 is 13.9 Å². The number of hydrogen-bond acceptors (Lipinski definition) is 6. The van der Waals surface area contributed by atoms with Crippen molar-refractivity contribution >= 4 is 5.97 Å². The first kappa shape index (κ1) is 16.4. The number of benzene rings is 1. The van der Waals surface area contributed by atoms with Gasteiger partial charge in [0, 0.05) is 24.4 Å². The van der Waals surface area contributed by atoms with Crippen LogP contribution >= 0.6 is 0 Å². The maximum absolute atomic E-state index is 12.2. The number of rotatable bonds is 5. The average molecular weight is 349 g/mol. The molecule has 0 saturated heterocycles. The molecule has 2 heterocycles. The summed E-state index contributed by atoms with van der Waals surface area (Å²) in [6, 6.07) is 9.53. The fourth-order valence-electron chi connectivity index (χ4n) is 3.19. The predicted molar refractivity (Wildman–Crippen MR) is 94.6 cm³/mol. The van der Waals surface area contributed by atoms with Crippen molar-refractivity contribution in [2.75, 3.05) is 0 Å². The number of ether oxygens (including phenoxy) is 1. The molecule has 26 heavy (non-hydrogen) atoms. The molecule has 0 saturated carbocycles. The number of hydrogen-bond donors (Lipinski definition) is 0. The number of nitrogens with zero attached hydrogens (tertiary/aromatic N) is 3. The fraction of sp³-hybridized carbons (Fsp3) is 0.300. The van der Waals surface area contributed by atoms with Gasteiger partial charge in [0.05, 0.1) is 6.42 Å². The van der Waals surface area contributed by atoms with Gasteiger partial charge in [-0.2, -0.15) is 0 Å². The first-order chi connectivity index (χ1) is 12.8. The van der Waals surface area contributed by atoms with Gasteiger partial charge in [0.1, 0.15) is 5.75 Å². The summed E-state index contributed by atoms with van der Waals surface area (Å²) in [5.74, 6) is 1.25. The molecule has 1 aliphatic carbocycles. The zero-order valence-corrected chi connectivity index (χ0v) is 14.4. The Kier molecular flexibility index (Phi) is 4.73. The molecule has 0 fully saturated rings. The van der Waals surface area contributed by atoms with Crippen LogP contribution in [0.2, 0.25) is 0 Å². The van der Waals surface area contributed by atoms with E-state index in [1.54, 1.807) is 24.5 Å². The fourth-order valence-corrected chi connectivity index (χ4v) is 3.19. The van der Waals surface area contributed by atoms with Crippen LogP contribution in [-0.2, 0) is 24.1 Å². The van der Waals surface area contributed by atoms with Crippen LogP contribution in [0.15, 0.2) is 47.1 Å². The second-order valence-corrected chi connectivity index (χ2v) is 6.31. The highest BCUT2D eigenvalue weighted by Crippen LogP contribution is 2.29. The van der Waals surface area contributed by atoms with Crippen molar-refractivity contribution in [1.29, 1.82) is 0 Å². The Morgan fingerprint density at radius 1 is 1.08 bits per heavy atom. The summed E-state index contributed by atoms with van der Waals surface area (Å²) in [4.78, 5) is 16.2. The van der Waals surface area contributed by atoms with Gasteiger partial charge in [-0.1, -0.05) is 12.1 Å². The molecule has 0 atom stereocenters. The standard InChI is InChI=1S/C20H19N3O3/c24-19(25-17-7-3-5-14-4-1-2-6-16(14)17)9-8-18-22-23-20(26-18)15-10-12-21-13-11-15/h3,5,7,10-13H,1-2,4,6,8-9H2. The van der Waals surface area contributed by atoms with Crippen molar-refractivity contribution in [2.24, 2.45) is 0 Å². The molecule has 6 heteroatoms. The van der Waals surface area contributed by atoms with Gasteiger partial charge in [-0.3, -0.25) is 9.78 Å². The number of aryl methyl sites for hydroxylation is 2. The molecular weight excluding hydrogens is 330 g/mol. The summed E-state index contributed by atoms with van der Waals surface area (Å²) < 4.78 is 11.2. The van der Waals surface area contributed by atoms with Crippen molar-refractivity contribution in [3.63, 3.8) is 0 Å². The maximum Gasteiger partial charge on any atom is 0.311 e. The van der Waals surface area contributed by atoms with Gasteiger partial charge in [0.2, 0.25) is 11.8 Å². The Hall–Kier alpha value is -3.02. The Balaban J connectivity index is 1.37. The van der Waals surface area contributed by atoms with E-state index in [0.717, 1.165) is 24.8 Å². The van der Waals surface area contributed by atoms with Gasteiger partial charge >= 0.3 is 5.97 Å². The van der Waals surface area contributed by atoms with Crippen LogP contribution in [-0.4, -0.2) is 21.2 Å². The normalized spacial score (nSPS) is 13.2. The lowest BCUT2D eigenvalue weighted by molar-refractivity contribution is -0.134. The minimum Gasteiger partial charge on any atom is -0.426 e. The Morgan fingerprint density at radius 3 is 2.81 bits per heavy atom. The summed E-state index contributed by atoms with van der Waals surface area (Å²) in [6.45, 7) is 0. The molecule has 1 aromatic carbocycles. The van der Waals surface area contributed by atoms with E-state index in [1.165, 1.54) is 17.5 Å². The number of aromatic nitrogens is 3. The summed E-state index contributed by atoms with van der Waals surface area (Å²) in [6.07, 6.45) is 8.24. The van der Waals surface area contributed by atoms with Crippen LogP contribution in [0.5, 0.6) is 5.75 Å². The lowest BCUT2D eigenvalue weighted by atomic mass is 9.91. The zero-order chi connectivity index (χ0) is 17.8. The molecule has 1 aliphatic rings. The molecule has 0 radical (unpaired) electrons. The number of carbonyl (C=O) groups excluding carboxylic acids is 1. The molecule has 0 bridgehead atoms. The molecule has 0 spiro atoms. The highest BCUT2D eigenvalue weighted by molar-refractivity contribution is 5.73. The molecule has 3 aromatic rings. The molecule has 6 nitrogen and oxygen atoms in total. The van der Waals surface area contributed by atoms with Crippen molar-refractivity contribution in [3.05, 3.63) is 59.7 Å². The average Bonchev–Trinajstić information content (AvgIpc) is 3.17. The zero-order valence-electron chi connectivity index (χ0n) is 14.4. The number of pyridine rings is 1. The minimum atomic E-state index is -0.285. The van der Waals surface area contributed by atoms with Crippen LogP contribution in [0.4, 0.5) is 0 Å². The van der Waals surface area contributed by atoms with Gasteiger partial charge in [-0.25, -0.2) is 0 Å².